The van der Waals surface area contributed by atoms with Crippen LogP contribution in [-0.4, -0.2) is 34.2 Å². The van der Waals surface area contributed by atoms with Crippen LogP contribution in [0.15, 0.2) is 23.2 Å². The quantitative estimate of drug-likeness (QED) is 0.221. The van der Waals surface area contributed by atoms with Gasteiger partial charge in [-0.2, -0.15) is 0 Å². The van der Waals surface area contributed by atoms with Crippen LogP contribution >= 0.6 is 24.0 Å². The largest absolute Gasteiger partial charge is 0.356 e. The molecule has 1 aromatic rings. The normalized spacial score (nSPS) is 15.3. The zero-order valence-corrected chi connectivity index (χ0v) is 20.0. The number of sulfone groups is 1. The lowest BCUT2D eigenvalue weighted by Crippen LogP contribution is -2.37. The summed E-state index contributed by atoms with van der Waals surface area (Å²) in [5, 5.41) is 6.42. The maximum Gasteiger partial charge on any atom is 0.191 e. The molecule has 1 aliphatic carbocycles. The zero-order chi connectivity index (χ0) is 19.7. The maximum atomic E-state index is 13.6. The van der Waals surface area contributed by atoms with Crippen LogP contribution in [0.1, 0.15) is 56.1 Å². The van der Waals surface area contributed by atoms with Crippen LogP contribution in [0.3, 0.4) is 0 Å². The first-order valence-corrected chi connectivity index (χ1v) is 11.8. The molecule has 0 radical (unpaired) electrons. The van der Waals surface area contributed by atoms with Crippen molar-refractivity contribution in [2.24, 2.45) is 10.9 Å². The van der Waals surface area contributed by atoms with Crippen molar-refractivity contribution >= 4 is 39.8 Å². The number of guanidine groups is 1. The first kappa shape index (κ1) is 25.1. The number of aliphatic imine (C=N–C) groups is 1. The van der Waals surface area contributed by atoms with Gasteiger partial charge in [-0.3, -0.25) is 4.99 Å². The summed E-state index contributed by atoms with van der Waals surface area (Å²) >= 11 is 0. The number of nitrogens with zero attached hydrogens (tertiary/aromatic N) is 1. The van der Waals surface area contributed by atoms with Gasteiger partial charge in [-0.25, -0.2) is 12.8 Å². The summed E-state index contributed by atoms with van der Waals surface area (Å²) in [6.07, 6.45) is 10.4. The number of halogens is 2. The monoisotopic (exact) mass is 525 g/mol. The van der Waals surface area contributed by atoms with E-state index in [0.29, 0.717) is 23.6 Å². The van der Waals surface area contributed by atoms with Crippen LogP contribution < -0.4 is 10.6 Å². The first-order valence-electron chi connectivity index (χ1n) is 9.77. The molecule has 0 spiro atoms. The topological polar surface area (TPSA) is 70.6 Å². The predicted octanol–water partition coefficient (Wildman–Crippen LogP) is 4.01. The highest BCUT2D eigenvalue weighted by Crippen LogP contribution is 2.28. The number of hydrogen-bond acceptors (Lipinski definition) is 3. The van der Waals surface area contributed by atoms with Gasteiger partial charge in [0.15, 0.2) is 15.8 Å². The van der Waals surface area contributed by atoms with Crippen molar-refractivity contribution in [3.8, 4) is 0 Å². The van der Waals surface area contributed by atoms with Gasteiger partial charge in [0.2, 0.25) is 0 Å². The van der Waals surface area contributed by atoms with E-state index in [1.807, 2.05) is 0 Å². The summed E-state index contributed by atoms with van der Waals surface area (Å²) in [6, 6.07) is 4.20. The molecule has 0 aromatic heterocycles. The molecule has 0 amide bonds. The Balaban J connectivity index is 0.00000392. The zero-order valence-electron chi connectivity index (χ0n) is 16.8. The summed E-state index contributed by atoms with van der Waals surface area (Å²) in [5.74, 6) is 1.09. The summed E-state index contributed by atoms with van der Waals surface area (Å²) in [5.41, 5.74) is 1.24. The van der Waals surface area contributed by atoms with Crippen molar-refractivity contribution < 1.29 is 12.8 Å². The molecule has 0 unspecified atom stereocenters. The molecule has 0 saturated heterocycles. The minimum atomic E-state index is -3.18. The lowest BCUT2D eigenvalue weighted by Gasteiger charge is -2.15. The smallest absolute Gasteiger partial charge is 0.191 e. The van der Waals surface area contributed by atoms with Crippen molar-refractivity contribution in [1.29, 1.82) is 0 Å². The van der Waals surface area contributed by atoms with Gasteiger partial charge < -0.3 is 10.6 Å². The van der Waals surface area contributed by atoms with Crippen LogP contribution in [0.25, 0.3) is 0 Å². The summed E-state index contributed by atoms with van der Waals surface area (Å²) < 4.78 is 36.7. The van der Waals surface area contributed by atoms with E-state index in [2.05, 4.69) is 15.6 Å². The van der Waals surface area contributed by atoms with Gasteiger partial charge in [0, 0.05) is 26.4 Å². The minimum Gasteiger partial charge on any atom is -0.356 e. The van der Waals surface area contributed by atoms with Gasteiger partial charge in [0.1, 0.15) is 5.82 Å². The highest BCUT2D eigenvalue weighted by atomic mass is 127. The van der Waals surface area contributed by atoms with Crippen molar-refractivity contribution in [3.63, 3.8) is 0 Å². The van der Waals surface area contributed by atoms with E-state index in [0.717, 1.165) is 18.9 Å². The molecular formula is C20H33FIN3O2S. The Hall–Kier alpha value is -0.900. The van der Waals surface area contributed by atoms with Gasteiger partial charge in [-0.1, -0.05) is 44.6 Å². The molecule has 1 aliphatic rings. The van der Waals surface area contributed by atoms with Crippen molar-refractivity contribution in [2.45, 2.75) is 57.2 Å². The van der Waals surface area contributed by atoms with Crippen LogP contribution in [0.5, 0.6) is 0 Å². The Kier molecular flexibility index (Phi) is 11.3. The van der Waals surface area contributed by atoms with Gasteiger partial charge in [-0.05, 0) is 35.6 Å². The van der Waals surface area contributed by atoms with Gasteiger partial charge in [0.25, 0.3) is 0 Å². The molecule has 0 heterocycles. The SMILES string of the molecule is CN=C(NCCCCC1CCCC1)NCc1cc(F)ccc1CS(C)(=O)=O.I. The number of benzene rings is 1. The van der Waals surface area contributed by atoms with E-state index >= 15 is 0 Å². The Morgan fingerprint density at radius 2 is 1.89 bits per heavy atom. The Morgan fingerprint density at radius 1 is 1.18 bits per heavy atom. The second-order valence-electron chi connectivity index (χ2n) is 7.48. The maximum absolute atomic E-state index is 13.6. The number of rotatable bonds is 9. The molecule has 8 heteroatoms. The lowest BCUT2D eigenvalue weighted by molar-refractivity contribution is 0.472. The van der Waals surface area contributed by atoms with Crippen LogP contribution in [0.2, 0.25) is 0 Å². The predicted molar refractivity (Wildman–Crippen MR) is 124 cm³/mol. The lowest BCUT2D eigenvalue weighted by atomic mass is 10.0. The average molecular weight is 525 g/mol. The fourth-order valence-corrected chi connectivity index (χ4v) is 4.49. The van der Waals surface area contributed by atoms with Crippen molar-refractivity contribution in [3.05, 3.63) is 35.1 Å². The van der Waals surface area contributed by atoms with E-state index in [1.165, 1.54) is 63.0 Å². The van der Waals surface area contributed by atoms with E-state index in [9.17, 15) is 12.8 Å². The van der Waals surface area contributed by atoms with Crippen LogP contribution in [0, 0.1) is 11.7 Å². The third-order valence-corrected chi connectivity index (χ3v) is 5.90. The molecule has 1 saturated carbocycles. The fourth-order valence-electron chi connectivity index (χ4n) is 3.65. The van der Waals surface area contributed by atoms with Gasteiger partial charge in [-0.15, -0.1) is 24.0 Å². The Morgan fingerprint density at radius 3 is 2.54 bits per heavy atom. The van der Waals surface area contributed by atoms with Gasteiger partial charge >= 0.3 is 0 Å². The highest BCUT2D eigenvalue weighted by molar-refractivity contribution is 14.0. The Bertz CT molecular complexity index is 735. The number of unbranched alkanes of at least 4 members (excludes halogenated alkanes) is 1. The molecule has 0 atom stereocenters. The Labute approximate surface area is 185 Å². The highest BCUT2D eigenvalue weighted by Gasteiger charge is 2.14. The summed E-state index contributed by atoms with van der Waals surface area (Å²) in [4.78, 5) is 4.19. The third-order valence-electron chi connectivity index (χ3n) is 5.06. The average Bonchev–Trinajstić information content (AvgIpc) is 3.11. The van der Waals surface area contributed by atoms with Crippen LogP contribution in [-0.2, 0) is 22.1 Å². The second kappa shape index (κ2) is 12.6. The van der Waals surface area contributed by atoms with Crippen molar-refractivity contribution in [2.75, 3.05) is 19.8 Å². The minimum absolute atomic E-state index is 0. The molecule has 2 rings (SSSR count). The summed E-state index contributed by atoms with van der Waals surface area (Å²) in [7, 11) is -1.49. The molecule has 0 aliphatic heterocycles. The molecule has 0 bridgehead atoms. The first-order chi connectivity index (χ1) is 12.9. The molecule has 5 nitrogen and oxygen atoms in total. The van der Waals surface area contributed by atoms with E-state index in [4.69, 9.17) is 0 Å². The van der Waals surface area contributed by atoms with Crippen molar-refractivity contribution in [1.82, 2.24) is 10.6 Å². The summed E-state index contributed by atoms with van der Waals surface area (Å²) in [6.45, 7) is 1.16. The standard InChI is InChI=1S/C20H32FN3O2S.HI/c1-22-20(23-12-6-5-9-16-7-3-4-8-16)24-14-18-13-19(21)11-10-17(18)15-27(2,25)26;/h10-11,13,16H,3-9,12,14-15H2,1-2H3,(H2,22,23,24);1H. The molecular weight excluding hydrogens is 492 g/mol. The number of hydrogen-bond donors (Lipinski definition) is 2. The van der Waals surface area contributed by atoms with Crippen LogP contribution in [0.4, 0.5) is 4.39 Å². The fraction of sp³-hybridized carbons (Fsp3) is 0.650. The molecule has 28 heavy (non-hydrogen) atoms. The third kappa shape index (κ3) is 9.54. The number of nitrogens with one attached hydrogen (secondary N) is 2. The second-order valence-corrected chi connectivity index (χ2v) is 9.62. The van der Waals surface area contributed by atoms with Gasteiger partial charge in [0.05, 0.1) is 5.75 Å². The van der Waals surface area contributed by atoms with E-state index in [1.54, 1.807) is 7.05 Å². The van der Waals surface area contributed by atoms with E-state index in [-0.39, 0.29) is 35.5 Å². The molecule has 2 N–H and O–H groups in total. The van der Waals surface area contributed by atoms with E-state index < -0.39 is 9.84 Å². The molecule has 1 fully saturated rings. The molecule has 160 valence electrons. The molecule has 1 aromatic carbocycles.